The first-order valence-corrected chi connectivity index (χ1v) is 6.46. The molecular weight excluding hydrogens is 370 g/mol. The monoisotopic (exact) mass is 394 g/mol. The van der Waals surface area contributed by atoms with Gasteiger partial charge in [-0.05, 0) is 31.0 Å². The van der Waals surface area contributed by atoms with Crippen LogP contribution in [0, 0.1) is 5.82 Å². The van der Waals surface area contributed by atoms with Crippen LogP contribution in [0.15, 0.2) is 23.2 Å². The zero-order chi connectivity index (χ0) is 14.4. The van der Waals surface area contributed by atoms with Gasteiger partial charge in [0.1, 0.15) is 5.82 Å². The lowest BCUT2D eigenvalue weighted by atomic mass is 10.2. The third-order valence-corrected chi connectivity index (χ3v) is 2.93. The van der Waals surface area contributed by atoms with Crippen molar-refractivity contribution < 1.29 is 4.39 Å². The molecule has 0 aliphatic rings. The van der Waals surface area contributed by atoms with Crippen LogP contribution in [0.1, 0.15) is 25.8 Å². The minimum absolute atomic E-state index is 0. The van der Waals surface area contributed by atoms with Crippen LogP contribution in [-0.2, 0) is 6.54 Å². The van der Waals surface area contributed by atoms with Gasteiger partial charge >= 0.3 is 0 Å². The van der Waals surface area contributed by atoms with E-state index in [0.717, 1.165) is 12.0 Å². The molecule has 0 radical (unpaired) electrons. The molecule has 3 N–H and O–H groups in total. The highest BCUT2D eigenvalue weighted by atomic mass is 127. The quantitative estimate of drug-likeness (QED) is 0.459. The second kappa shape index (κ2) is 8.99. The molecule has 1 atom stereocenters. The lowest BCUT2D eigenvalue weighted by molar-refractivity contribution is 0.623. The van der Waals surface area contributed by atoms with E-state index in [0.29, 0.717) is 18.2 Å². The van der Waals surface area contributed by atoms with Crippen molar-refractivity contribution in [1.29, 1.82) is 0 Å². The molecule has 0 saturated carbocycles. The first-order chi connectivity index (χ1) is 8.93. The van der Waals surface area contributed by atoms with Crippen LogP contribution in [-0.4, -0.2) is 26.1 Å². The van der Waals surface area contributed by atoms with Gasteiger partial charge in [-0.1, -0.05) is 13.0 Å². The fourth-order valence-corrected chi connectivity index (χ4v) is 1.59. The smallest absolute Gasteiger partial charge is 0.189 e. The summed E-state index contributed by atoms with van der Waals surface area (Å²) in [5, 5.41) is 3.07. The summed E-state index contributed by atoms with van der Waals surface area (Å²) in [6.45, 7) is 4.48. The maximum atomic E-state index is 13.8. The van der Waals surface area contributed by atoms with Gasteiger partial charge in [-0.25, -0.2) is 9.38 Å². The molecule has 114 valence electrons. The Hall–Kier alpha value is -1.05. The summed E-state index contributed by atoms with van der Waals surface area (Å²) >= 11 is 0. The summed E-state index contributed by atoms with van der Waals surface area (Å²) in [6, 6.07) is 5.39. The van der Waals surface area contributed by atoms with E-state index in [1.165, 1.54) is 6.07 Å². The molecule has 0 fully saturated rings. The van der Waals surface area contributed by atoms with Crippen LogP contribution < -0.4 is 16.0 Å². The minimum atomic E-state index is -0.244. The molecule has 0 heterocycles. The minimum Gasteiger partial charge on any atom is -0.375 e. The van der Waals surface area contributed by atoms with Gasteiger partial charge < -0.3 is 16.0 Å². The molecule has 0 aromatic heterocycles. The molecule has 1 rings (SSSR count). The summed E-state index contributed by atoms with van der Waals surface area (Å²) in [7, 11) is 3.62. The number of nitrogens with zero attached hydrogens (tertiary/aromatic N) is 2. The fraction of sp³-hybridized carbons (Fsp3) is 0.500. The van der Waals surface area contributed by atoms with E-state index < -0.39 is 0 Å². The molecule has 0 aliphatic carbocycles. The number of aliphatic imine (C=N–C) groups is 1. The number of guanidine groups is 1. The van der Waals surface area contributed by atoms with Crippen molar-refractivity contribution in [2.75, 3.05) is 19.0 Å². The summed E-state index contributed by atoms with van der Waals surface area (Å²) in [4.78, 5) is 5.94. The summed E-state index contributed by atoms with van der Waals surface area (Å²) in [5.41, 5.74) is 7.12. The summed E-state index contributed by atoms with van der Waals surface area (Å²) < 4.78 is 13.8. The van der Waals surface area contributed by atoms with E-state index in [1.807, 2.05) is 27.1 Å². The van der Waals surface area contributed by atoms with Crippen LogP contribution in [0.2, 0.25) is 0 Å². The Kier molecular flexibility index (Phi) is 8.52. The normalized spacial score (nSPS) is 12.6. The number of benzene rings is 1. The average molecular weight is 394 g/mol. The fourth-order valence-electron chi connectivity index (χ4n) is 1.59. The molecule has 4 nitrogen and oxygen atoms in total. The molecule has 6 heteroatoms. The molecule has 0 bridgehead atoms. The molecule has 0 saturated heterocycles. The molecule has 0 spiro atoms. The highest BCUT2D eigenvalue weighted by molar-refractivity contribution is 14.0. The topological polar surface area (TPSA) is 53.6 Å². The van der Waals surface area contributed by atoms with E-state index >= 15 is 0 Å². The standard InChI is InChI=1S/C14H23FN4.HI/c1-5-10(2)18-14(16)17-9-11-6-7-13(19(3)4)12(15)8-11;/h6-8,10H,5,9H2,1-4H3,(H3,16,17,18);1H. The number of hydrogen-bond donors (Lipinski definition) is 2. The van der Waals surface area contributed by atoms with Gasteiger partial charge in [0.05, 0.1) is 12.2 Å². The van der Waals surface area contributed by atoms with Crippen molar-refractivity contribution in [3.05, 3.63) is 29.6 Å². The summed E-state index contributed by atoms with van der Waals surface area (Å²) in [5.74, 6) is 0.151. The lowest BCUT2D eigenvalue weighted by Crippen LogP contribution is -2.38. The molecule has 1 aromatic carbocycles. The SMILES string of the molecule is CCC(C)NC(N)=NCc1ccc(N(C)C)c(F)c1.I. The predicted molar refractivity (Wildman–Crippen MR) is 94.4 cm³/mol. The van der Waals surface area contributed by atoms with Gasteiger partial charge in [0.2, 0.25) is 0 Å². The second-order valence-corrected chi connectivity index (χ2v) is 4.84. The number of rotatable bonds is 5. The van der Waals surface area contributed by atoms with E-state index in [4.69, 9.17) is 5.73 Å². The molecule has 0 aliphatic heterocycles. The van der Waals surface area contributed by atoms with Crippen LogP contribution >= 0.6 is 24.0 Å². The van der Waals surface area contributed by atoms with Crippen molar-refractivity contribution in [1.82, 2.24) is 5.32 Å². The van der Waals surface area contributed by atoms with Crippen LogP contribution in [0.25, 0.3) is 0 Å². The Morgan fingerprint density at radius 3 is 2.60 bits per heavy atom. The largest absolute Gasteiger partial charge is 0.375 e. The molecular formula is C14H24FIN4. The summed E-state index contributed by atoms with van der Waals surface area (Å²) in [6.07, 6.45) is 0.975. The van der Waals surface area contributed by atoms with Crippen LogP contribution in [0.5, 0.6) is 0 Å². The highest BCUT2D eigenvalue weighted by Gasteiger charge is 2.05. The number of halogens is 2. The molecule has 1 unspecified atom stereocenters. The van der Waals surface area contributed by atoms with Gasteiger partial charge in [0.15, 0.2) is 5.96 Å². The van der Waals surface area contributed by atoms with Gasteiger partial charge in [-0.15, -0.1) is 24.0 Å². The Morgan fingerprint density at radius 2 is 2.10 bits per heavy atom. The zero-order valence-electron chi connectivity index (χ0n) is 12.5. The van der Waals surface area contributed by atoms with Crippen LogP contribution in [0.4, 0.5) is 10.1 Å². The van der Waals surface area contributed by atoms with E-state index in [2.05, 4.69) is 17.2 Å². The first-order valence-electron chi connectivity index (χ1n) is 6.46. The maximum Gasteiger partial charge on any atom is 0.189 e. The highest BCUT2D eigenvalue weighted by Crippen LogP contribution is 2.18. The van der Waals surface area contributed by atoms with Crippen molar-refractivity contribution in [2.45, 2.75) is 32.9 Å². The van der Waals surface area contributed by atoms with Crippen molar-refractivity contribution >= 4 is 35.6 Å². The number of nitrogens with two attached hydrogens (primary N) is 1. The number of anilines is 1. The van der Waals surface area contributed by atoms with E-state index in [-0.39, 0.29) is 35.8 Å². The first kappa shape index (κ1) is 18.9. The van der Waals surface area contributed by atoms with Crippen LogP contribution in [0.3, 0.4) is 0 Å². The zero-order valence-corrected chi connectivity index (χ0v) is 14.8. The van der Waals surface area contributed by atoms with Gasteiger partial charge in [0, 0.05) is 20.1 Å². The van der Waals surface area contributed by atoms with Crippen molar-refractivity contribution in [2.24, 2.45) is 10.7 Å². The maximum absolute atomic E-state index is 13.8. The number of nitrogens with one attached hydrogen (secondary N) is 1. The van der Waals surface area contributed by atoms with Gasteiger partial charge in [-0.3, -0.25) is 0 Å². The Balaban J connectivity index is 0.00000361. The van der Waals surface area contributed by atoms with E-state index in [9.17, 15) is 4.39 Å². The Bertz CT molecular complexity index is 449. The van der Waals surface area contributed by atoms with Crippen molar-refractivity contribution in [3.8, 4) is 0 Å². The average Bonchev–Trinajstić information content (AvgIpc) is 2.35. The Labute approximate surface area is 137 Å². The number of hydrogen-bond acceptors (Lipinski definition) is 2. The van der Waals surface area contributed by atoms with Gasteiger partial charge in [0.25, 0.3) is 0 Å². The van der Waals surface area contributed by atoms with Crippen molar-refractivity contribution in [3.63, 3.8) is 0 Å². The predicted octanol–water partition coefficient (Wildman–Crippen LogP) is 2.71. The molecule has 1 aromatic rings. The Morgan fingerprint density at radius 1 is 1.45 bits per heavy atom. The van der Waals surface area contributed by atoms with Gasteiger partial charge in [-0.2, -0.15) is 0 Å². The second-order valence-electron chi connectivity index (χ2n) is 4.84. The third-order valence-electron chi connectivity index (χ3n) is 2.93. The lowest BCUT2D eigenvalue weighted by Gasteiger charge is -2.14. The molecule has 0 amide bonds. The molecule has 20 heavy (non-hydrogen) atoms. The third kappa shape index (κ3) is 5.94. The van der Waals surface area contributed by atoms with E-state index in [1.54, 1.807) is 11.0 Å².